The number of amides is 1. The Hall–Kier alpha value is -1.07. The summed E-state index contributed by atoms with van der Waals surface area (Å²) >= 11 is 1.74. The van der Waals surface area contributed by atoms with Crippen LogP contribution in [0.2, 0.25) is 0 Å². The van der Waals surface area contributed by atoms with Gasteiger partial charge in [-0.2, -0.15) is 11.3 Å². The van der Waals surface area contributed by atoms with Gasteiger partial charge in [-0.15, -0.1) is 0 Å². The first-order valence-electron chi connectivity index (χ1n) is 8.58. The number of ether oxygens (including phenoxy) is 1. The van der Waals surface area contributed by atoms with E-state index >= 15 is 0 Å². The van der Waals surface area contributed by atoms with Gasteiger partial charge in [0.15, 0.2) is 0 Å². The molecule has 23 heavy (non-hydrogen) atoms. The van der Waals surface area contributed by atoms with Crippen LogP contribution >= 0.6 is 11.3 Å². The van der Waals surface area contributed by atoms with Crippen molar-refractivity contribution in [1.82, 2.24) is 10.2 Å². The van der Waals surface area contributed by atoms with Gasteiger partial charge in [0.05, 0.1) is 0 Å². The molecule has 1 saturated heterocycles. The van der Waals surface area contributed by atoms with Crippen LogP contribution in [0.1, 0.15) is 58.6 Å². The quantitative estimate of drug-likeness (QED) is 0.863. The highest BCUT2D eigenvalue weighted by atomic mass is 32.1. The van der Waals surface area contributed by atoms with Gasteiger partial charge in [-0.05, 0) is 81.8 Å². The third-order valence-corrected chi connectivity index (χ3v) is 4.92. The first-order valence-corrected chi connectivity index (χ1v) is 9.53. The monoisotopic (exact) mass is 338 g/mol. The number of rotatable bonds is 5. The number of likely N-dealkylation sites (tertiary alicyclic amines) is 1. The molecule has 1 aromatic heterocycles. The summed E-state index contributed by atoms with van der Waals surface area (Å²) < 4.78 is 5.49. The van der Waals surface area contributed by atoms with Crippen LogP contribution in [-0.2, 0) is 4.74 Å². The van der Waals surface area contributed by atoms with Crippen molar-refractivity contribution < 1.29 is 9.53 Å². The molecule has 0 spiro atoms. The Labute approximate surface area is 144 Å². The molecule has 1 aromatic rings. The van der Waals surface area contributed by atoms with E-state index in [1.165, 1.54) is 12.0 Å². The summed E-state index contributed by atoms with van der Waals surface area (Å²) in [4.78, 5) is 14.1. The van der Waals surface area contributed by atoms with Crippen molar-refractivity contribution in [2.24, 2.45) is 5.92 Å². The van der Waals surface area contributed by atoms with Gasteiger partial charge in [-0.1, -0.05) is 0 Å². The lowest BCUT2D eigenvalue weighted by Crippen LogP contribution is -2.43. The van der Waals surface area contributed by atoms with E-state index in [2.05, 4.69) is 29.1 Å². The third kappa shape index (κ3) is 6.15. The third-order valence-electron chi connectivity index (χ3n) is 4.22. The lowest BCUT2D eigenvalue weighted by Gasteiger charge is -2.34. The van der Waals surface area contributed by atoms with E-state index in [0.29, 0.717) is 12.0 Å². The van der Waals surface area contributed by atoms with Gasteiger partial charge in [0, 0.05) is 19.1 Å². The second-order valence-electron chi connectivity index (χ2n) is 7.46. The predicted octanol–water partition coefficient (Wildman–Crippen LogP) is 4.44. The summed E-state index contributed by atoms with van der Waals surface area (Å²) in [6.07, 6.45) is 3.22. The van der Waals surface area contributed by atoms with Gasteiger partial charge in [0.25, 0.3) is 0 Å². The van der Waals surface area contributed by atoms with Crippen molar-refractivity contribution in [3.05, 3.63) is 22.4 Å². The molecule has 0 radical (unpaired) electrons. The van der Waals surface area contributed by atoms with Gasteiger partial charge in [0.1, 0.15) is 5.60 Å². The molecule has 0 saturated carbocycles. The van der Waals surface area contributed by atoms with E-state index in [1.807, 2.05) is 25.7 Å². The summed E-state index contributed by atoms with van der Waals surface area (Å²) in [7, 11) is 0. The van der Waals surface area contributed by atoms with Crippen LogP contribution in [0.5, 0.6) is 0 Å². The zero-order valence-corrected chi connectivity index (χ0v) is 15.6. The smallest absolute Gasteiger partial charge is 0.410 e. The first-order chi connectivity index (χ1) is 10.8. The Morgan fingerprint density at radius 1 is 1.52 bits per heavy atom. The predicted molar refractivity (Wildman–Crippen MR) is 95.9 cm³/mol. The molecule has 2 unspecified atom stereocenters. The maximum absolute atomic E-state index is 12.2. The molecule has 1 amide bonds. The van der Waals surface area contributed by atoms with Gasteiger partial charge >= 0.3 is 6.09 Å². The topological polar surface area (TPSA) is 41.6 Å². The number of nitrogens with one attached hydrogen (secondary N) is 1. The Bertz CT molecular complexity index is 482. The Morgan fingerprint density at radius 2 is 2.30 bits per heavy atom. The van der Waals surface area contributed by atoms with Crippen LogP contribution in [0.25, 0.3) is 0 Å². The standard InChI is InChI=1S/C18H30N2O2S/c1-14(16-8-11-23-13-16)19-9-7-15-6-5-10-20(12-15)17(21)22-18(2,3)4/h8,11,13-15,19H,5-7,9-10,12H2,1-4H3. The van der Waals surface area contributed by atoms with E-state index in [9.17, 15) is 4.79 Å². The van der Waals surface area contributed by atoms with E-state index in [1.54, 1.807) is 11.3 Å². The van der Waals surface area contributed by atoms with E-state index in [-0.39, 0.29) is 6.09 Å². The number of piperidine rings is 1. The lowest BCUT2D eigenvalue weighted by atomic mass is 9.95. The van der Waals surface area contributed by atoms with E-state index < -0.39 is 5.60 Å². The normalized spacial score (nSPS) is 20.3. The van der Waals surface area contributed by atoms with Crippen molar-refractivity contribution >= 4 is 17.4 Å². The van der Waals surface area contributed by atoms with Crippen LogP contribution < -0.4 is 5.32 Å². The molecular weight excluding hydrogens is 308 g/mol. The number of hydrogen-bond donors (Lipinski definition) is 1. The van der Waals surface area contributed by atoms with Crippen LogP contribution in [0.15, 0.2) is 16.8 Å². The largest absolute Gasteiger partial charge is 0.444 e. The fourth-order valence-corrected chi connectivity index (χ4v) is 3.69. The van der Waals surface area contributed by atoms with Crippen LogP contribution in [0.4, 0.5) is 4.79 Å². The molecule has 1 aliphatic heterocycles. The zero-order valence-electron chi connectivity index (χ0n) is 14.8. The summed E-state index contributed by atoms with van der Waals surface area (Å²) in [5.41, 5.74) is 0.940. The summed E-state index contributed by atoms with van der Waals surface area (Å²) in [5.74, 6) is 0.568. The molecule has 1 aliphatic rings. The van der Waals surface area contributed by atoms with Crippen LogP contribution in [0.3, 0.4) is 0 Å². The molecule has 0 aromatic carbocycles. The average Bonchev–Trinajstić information content (AvgIpc) is 3.00. The fraction of sp³-hybridized carbons (Fsp3) is 0.722. The second-order valence-corrected chi connectivity index (χ2v) is 8.24. The highest BCUT2D eigenvalue weighted by molar-refractivity contribution is 7.07. The van der Waals surface area contributed by atoms with Gasteiger partial charge in [-0.25, -0.2) is 4.79 Å². The molecule has 0 bridgehead atoms. The average molecular weight is 339 g/mol. The highest BCUT2D eigenvalue weighted by Gasteiger charge is 2.27. The SMILES string of the molecule is CC(NCCC1CCCN(C(=O)OC(C)(C)C)C1)c1ccsc1. The second kappa shape index (κ2) is 8.15. The van der Waals surface area contributed by atoms with Gasteiger partial charge < -0.3 is 15.0 Å². The van der Waals surface area contributed by atoms with E-state index in [0.717, 1.165) is 32.5 Å². The zero-order chi connectivity index (χ0) is 16.9. The van der Waals surface area contributed by atoms with Crippen molar-refractivity contribution in [3.8, 4) is 0 Å². The molecule has 0 aliphatic carbocycles. The Kier molecular flexibility index (Phi) is 6.48. The van der Waals surface area contributed by atoms with Crippen molar-refractivity contribution in [2.45, 2.75) is 58.6 Å². The van der Waals surface area contributed by atoms with E-state index in [4.69, 9.17) is 4.74 Å². The number of carbonyl (C=O) groups is 1. The minimum Gasteiger partial charge on any atom is -0.444 e. The molecule has 2 atom stereocenters. The number of nitrogens with zero attached hydrogens (tertiary/aromatic N) is 1. The molecule has 4 nitrogen and oxygen atoms in total. The molecule has 130 valence electrons. The maximum Gasteiger partial charge on any atom is 0.410 e. The van der Waals surface area contributed by atoms with Crippen molar-refractivity contribution in [2.75, 3.05) is 19.6 Å². The molecule has 2 rings (SSSR count). The first kappa shape index (κ1) is 18.3. The van der Waals surface area contributed by atoms with Gasteiger partial charge in [-0.3, -0.25) is 0 Å². The summed E-state index contributed by atoms with van der Waals surface area (Å²) in [6, 6.07) is 2.57. The number of hydrogen-bond acceptors (Lipinski definition) is 4. The molecule has 1 fully saturated rings. The number of thiophene rings is 1. The molecule has 2 heterocycles. The summed E-state index contributed by atoms with van der Waals surface area (Å²) in [6.45, 7) is 10.6. The summed E-state index contributed by atoms with van der Waals surface area (Å²) in [5, 5.41) is 7.90. The van der Waals surface area contributed by atoms with Crippen molar-refractivity contribution in [1.29, 1.82) is 0 Å². The lowest BCUT2D eigenvalue weighted by molar-refractivity contribution is 0.0161. The fourth-order valence-electron chi connectivity index (χ4n) is 2.94. The Balaban J connectivity index is 1.72. The maximum atomic E-state index is 12.2. The minimum atomic E-state index is -0.415. The van der Waals surface area contributed by atoms with Gasteiger partial charge in [0.2, 0.25) is 0 Å². The van der Waals surface area contributed by atoms with Crippen LogP contribution in [-0.4, -0.2) is 36.2 Å². The number of carbonyl (C=O) groups excluding carboxylic acids is 1. The molecule has 1 N–H and O–H groups in total. The molecular formula is C18H30N2O2S. The molecule has 5 heteroatoms. The Morgan fingerprint density at radius 3 is 2.96 bits per heavy atom. The van der Waals surface area contributed by atoms with Crippen LogP contribution in [0, 0.1) is 5.92 Å². The van der Waals surface area contributed by atoms with Crippen molar-refractivity contribution in [3.63, 3.8) is 0 Å². The highest BCUT2D eigenvalue weighted by Crippen LogP contribution is 2.22. The minimum absolute atomic E-state index is 0.165.